The lowest BCUT2D eigenvalue weighted by Gasteiger charge is -2.30. The highest BCUT2D eigenvalue weighted by Crippen LogP contribution is 2.24. The number of piperidine rings is 1. The van der Waals surface area contributed by atoms with E-state index in [1.807, 2.05) is 4.90 Å². The molecular formula is C20H18Cl2FNO2. The topological polar surface area (TPSA) is 37.4 Å². The summed E-state index contributed by atoms with van der Waals surface area (Å²) in [7, 11) is 0. The van der Waals surface area contributed by atoms with Crippen LogP contribution in [0.3, 0.4) is 0 Å². The minimum Gasteiger partial charge on any atom is -0.296 e. The zero-order valence-corrected chi connectivity index (χ0v) is 15.6. The molecule has 0 saturated carbocycles. The van der Waals surface area contributed by atoms with Gasteiger partial charge in [0, 0.05) is 17.0 Å². The average molecular weight is 394 g/mol. The molecule has 136 valence electrons. The van der Waals surface area contributed by atoms with Gasteiger partial charge < -0.3 is 0 Å². The van der Waals surface area contributed by atoms with Gasteiger partial charge in [0.25, 0.3) is 0 Å². The largest absolute Gasteiger partial charge is 0.296 e. The highest BCUT2D eigenvalue weighted by atomic mass is 35.5. The molecule has 0 unspecified atom stereocenters. The average Bonchev–Trinajstić information content (AvgIpc) is 2.64. The number of Topliss-reactive ketones (excluding diaryl/α,β-unsaturated/α-hetero) is 2. The van der Waals surface area contributed by atoms with E-state index >= 15 is 0 Å². The molecule has 0 bridgehead atoms. The number of ketones is 2. The molecule has 0 N–H and O–H groups in total. The highest BCUT2D eigenvalue weighted by Gasteiger charge is 2.26. The molecule has 6 heteroatoms. The summed E-state index contributed by atoms with van der Waals surface area (Å²) in [5, 5.41) is 0.782. The second-order valence-corrected chi connectivity index (χ2v) is 7.29. The van der Waals surface area contributed by atoms with Gasteiger partial charge in [0.1, 0.15) is 5.82 Å². The minimum atomic E-state index is -0.350. The molecule has 1 aliphatic rings. The van der Waals surface area contributed by atoms with Crippen molar-refractivity contribution in [2.45, 2.75) is 12.8 Å². The first-order chi connectivity index (χ1) is 12.4. The van der Waals surface area contributed by atoms with Gasteiger partial charge in [-0.3, -0.25) is 14.5 Å². The fourth-order valence-corrected chi connectivity index (χ4v) is 3.47. The first kappa shape index (κ1) is 19.0. The molecule has 2 aromatic rings. The number of carbonyl (C=O) groups excluding carboxylic acids is 2. The Kier molecular flexibility index (Phi) is 6.07. The number of likely N-dealkylation sites (tertiary alicyclic amines) is 1. The van der Waals surface area contributed by atoms with Crippen LogP contribution in [0.2, 0.25) is 10.0 Å². The molecule has 3 nitrogen and oxygen atoms in total. The van der Waals surface area contributed by atoms with Gasteiger partial charge in [-0.1, -0.05) is 23.2 Å². The summed E-state index contributed by atoms with van der Waals surface area (Å²) in [5.74, 6) is -0.415. The molecule has 0 amide bonds. The van der Waals surface area contributed by atoms with E-state index < -0.39 is 0 Å². The molecule has 1 aliphatic heterocycles. The van der Waals surface area contributed by atoms with E-state index in [9.17, 15) is 14.0 Å². The normalized spacial score (nSPS) is 15.8. The molecule has 0 atom stereocenters. The first-order valence-electron chi connectivity index (χ1n) is 8.44. The summed E-state index contributed by atoms with van der Waals surface area (Å²) in [5.41, 5.74) is 1.07. The van der Waals surface area contributed by atoms with Crippen molar-refractivity contribution in [3.05, 3.63) is 69.5 Å². The Bertz CT molecular complexity index is 815. The van der Waals surface area contributed by atoms with Gasteiger partial charge in [0.15, 0.2) is 11.6 Å². The fraction of sp³-hybridized carbons (Fsp3) is 0.300. The minimum absolute atomic E-state index is 0.0214. The van der Waals surface area contributed by atoms with Crippen molar-refractivity contribution in [3.8, 4) is 0 Å². The third kappa shape index (κ3) is 4.50. The summed E-state index contributed by atoms with van der Waals surface area (Å²) in [4.78, 5) is 26.9. The summed E-state index contributed by atoms with van der Waals surface area (Å²) in [6.45, 7) is 1.63. The molecule has 1 fully saturated rings. The van der Waals surface area contributed by atoms with Gasteiger partial charge >= 0.3 is 0 Å². The van der Waals surface area contributed by atoms with Gasteiger partial charge in [-0.05, 0) is 68.4 Å². The number of halogens is 3. The number of hydrogen-bond donors (Lipinski definition) is 0. The van der Waals surface area contributed by atoms with Crippen molar-refractivity contribution in [2.24, 2.45) is 5.92 Å². The van der Waals surface area contributed by atoms with Crippen LogP contribution in [0.4, 0.5) is 4.39 Å². The number of nitrogens with zero attached hydrogens (tertiary/aromatic N) is 1. The monoisotopic (exact) mass is 393 g/mol. The van der Waals surface area contributed by atoms with E-state index in [1.54, 1.807) is 18.2 Å². The predicted octanol–water partition coefficient (Wildman–Crippen LogP) is 4.91. The van der Waals surface area contributed by atoms with E-state index in [-0.39, 0.29) is 29.8 Å². The molecule has 0 aromatic heterocycles. The molecule has 0 aliphatic carbocycles. The van der Waals surface area contributed by atoms with Gasteiger partial charge in [0.2, 0.25) is 0 Å². The maximum atomic E-state index is 13.0. The SMILES string of the molecule is O=C(CN1CCC(C(=O)c2ccc(F)cc2)CC1)c1ccc(Cl)c(Cl)c1. The Hall–Kier alpha value is -1.75. The number of carbonyl (C=O) groups is 2. The maximum absolute atomic E-state index is 13.0. The lowest BCUT2D eigenvalue weighted by Crippen LogP contribution is -2.39. The number of benzene rings is 2. The Morgan fingerprint density at radius 3 is 2.19 bits per heavy atom. The third-order valence-corrected chi connectivity index (χ3v) is 5.43. The van der Waals surface area contributed by atoms with Gasteiger partial charge in [-0.25, -0.2) is 4.39 Å². The van der Waals surface area contributed by atoms with Crippen LogP contribution >= 0.6 is 23.2 Å². The van der Waals surface area contributed by atoms with E-state index in [2.05, 4.69) is 0 Å². The van der Waals surface area contributed by atoms with Gasteiger partial charge in [-0.15, -0.1) is 0 Å². The van der Waals surface area contributed by atoms with Crippen molar-refractivity contribution in [1.82, 2.24) is 4.90 Å². The van der Waals surface area contributed by atoms with Crippen LogP contribution in [0.15, 0.2) is 42.5 Å². The van der Waals surface area contributed by atoms with Crippen molar-refractivity contribution in [2.75, 3.05) is 19.6 Å². The standard InChI is InChI=1S/C20H18Cl2FNO2/c21-17-6-3-15(11-18(17)22)19(25)12-24-9-7-14(8-10-24)20(26)13-1-4-16(23)5-2-13/h1-6,11,14H,7-10,12H2. The molecule has 1 saturated heterocycles. The summed E-state index contributed by atoms with van der Waals surface area (Å²) in [6, 6.07) is 10.5. The van der Waals surface area contributed by atoms with Gasteiger partial charge in [0.05, 0.1) is 16.6 Å². The van der Waals surface area contributed by atoms with Crippen molar-refractivity contribution < 1.29 is 14.0 Å². The van der Waals surface area contributed by atoms with E-state index in [0.29, 0.717) is 47.1 Å². The van der Waals surface area contributed by atoms with Crippen LogP contribution in [0.1, 0.15) is 33.6 Å². The van der Waals surface area contributed by atoms with Crippen molar-refractivity contribution in [3.63, 3.8) is 0 Å². The number of hydrogen-bond acceptors (Lipinski definition) is 3. The Balaban J connectivity index is 1.54. The fourth-order valence-electron chi connectivity index (χ4n) is 3.17. The summed E-state index contributed by atoms with van der Waals surface area (Å²) in [6.07, 6.45) is 1.37. The maximum Gasteiger partial charge on any atom is 0.176 e. The zero-order chi connectivity index (χ0) is 18.7. The Morgan fingerprint density at radius 2 is 1.58 bits per heavy atom. The molecule has 0 spiro atoms. The second kappa shape index (κ2) is 8.30. The third-order valence-electron chi connectivity index (χ3n) is 4.70. The molecule has 3 rings (SSSR count). The molecule has 2 aromatic carbocycles. The van der Waals surface area contributed by atoms with Crippen molar-refractivity contribution >= 4 is 34.8 Å². The van der Waals surface area contributed by atoms with E-state index in [0.717, 1.165) is 0 Å². The Morgan fingerprint density at radius 1 is 0.962 bits per heavy atom. The van der Waals surface area contributed by atoms with Crippen LogP contribution < -0.4 is 0 Å². The van der Waals surface area contributed by atoms with Crippen LogP contribution in [0, 0.1) is 11.7 Å². The predicted molar refractivity (Wildman–Crippen MR) is 101 cm³/mol. The van der Waals surface area contributed by atoms with Crippen LogP contribution in [0.5, 0.6) is 0 Å². The lowest BCUT2D eigenvalue weighted by atomic mass is 9.88. The summed E-state index contributed by atoms with van der Waals surface area (Å²) >= 11 is 11.8. The lowest BCUT2D eigenvalue weighted by molar-refractivity contribution is 0.0805. The quantitative estimate of drug-likeness (QED) is 0.677. The van der Waals surface area contributed by atoms with Crippen molar-refractivity contribution in [1.29, 1.82) is 0 Å². The Labute approximate surface area is 161 Å². The van der Waals surface area contributed by atoms with Crippen LogP contribution in [-0.2, 0) is 0 Å². The smallest absolute Gasteiger partial charge is 0.176 e. The summed E-state index contributed by atoms with van der Waals surface area (Å²) < 4.78 is 13.0. The van der Waals surface area contributed by atoms with Crippen LogP contribution in [0.25, 0.3) is 0 Å². The van der Waals surface area contributed by atoms with E-state index in [4.69, 9.17) is 23.2 Å². The van der Waals surface area contributed by atoms with E-state index in [1.165, 1.54) is 24.3 Å². The number of rotatable bonds is 5. The zero-order valence-electron chi connectivity index (χ0n) is 14.1. The molecular weight excluding hydrogens is 376 g/mol. The highest BCUT2D eigenvalue weighted by molar-refractivity contribution is 6.42. The van der Waals surface area contributed by atoms with Crippen LogP contribution in [-0.4, -0.2) is 36.1 Å². The first-order valence-corrected chi connectivity index (χ1v) is 9.20. The molecule has 26 heavy (non-hydrogen) atoms. The van der Waals surface area contributed by atoms with Gasteiger partial charge in [-0.2, -0.15) is 0 Å². The second-order valence-electron chi connectivity index (χ2n) is 6.47. The molecule has 0 radical (unpaired) electrons. The molecule has 1 heterocycles.